The van der Waals surface area contributed by atoms with Crippen molar-refractivity contribution in [2.45, 2.75) is 19.1 Å². The number of β-amino-alcohol motifs (C(OH)–C–C–N with tert-alkyl or cyclic N) is 1. The highest BCUT2D eigenvalue weighted by Crippen LogP contribution is 2.20. The number of hydrogen-bond acceptors (Lipinski definition) is 4. The van der Waals surface area contributed by atoms with Crippen molar-refractivity contribution in [2.75, 3.05) is 26.2 Å². The van der Waals surface area contributed by atoms with Gasteiger partial charge in [0.15, 0.2) is 0 Å². The minimum absolute atomic E-state index is 0.0592. The van der Waals surface area contributed by atoms with Crippen LogP contribution in [0, 0.1) is 5.92 Å². The fourth-order valence-electron chi connectivity index (χ4n) is 3.85. The van der Waals surface area contributed by atoms with Gasteiger partial charge in [0.25, 0.3) is 0 Å². The Labute approximate surface area is 168 Å². The normalized spacial score (nSPS) is 18.6. The molecule has 2 heterocycles. The summed E-state index contributed by atoms with van der Waals surface area (Å²) >= 11 is 5.86. The maximum Gasteiger partial charge on any atom is 0.326 e. The van der Waals surface area contributed by atoms with E-state index in [-0.39, 0.29) is 12.3 Å². The van der Waals surface area contributed by atoms with Gasteiger partial charge in [-0.15, -0.1) is 0 Å². The van der Waals surface area contributed by atoms with E-state index in [1.807, 2.05) is 28.8 Å². The van der Waals surface area contributed by atoms with E-state index in [0.29, 0.717) is 29.8 Å². The average molecular weight is 402 g/mol. The van der Waals surface area contributed by atoms with E-state index in [1.54, 1.807) is 24.3 Å². The Bertz CT molecular complexity index is 982. The van der Waals surface area contributed by atoms with Gasteiger partial charge >= 0.3 is 5.69 Å². The number of imidazole rings is 1. The Morgan fingerprint density at radius 1 is 1.21 bits per heavy atom. The highest BCUT2D eigenvalue weighted by atomic mass is 35.5. The number of nitrogens with zero attached hydrogens (tertiary/aromatic N) is 2. The summed E-state index contributed by atoms with van der Waals surface area (Å²) in [6.07, 6.45) is 0.446. The number of nitrogens with one attached hydrogen (secondary N) is 1. The minimum Gasteiger partial charge on any atom is -0.491 e. The third-order valence-corrected chi connectivity index (χ3v) is 5.47. The van der Waals surface area contributed by atoms with E-state index in [4.69, 9.17) is 16.3 Å². The molecule has 3 aromatic rings. The van der Waals surface area contributed by atoms with Crippen molar-refractivity contribution in [1.82, 2.24) is 14.5 Å². The monoisotopic (exact) mass is 401 g/mol. The Morgan fingerprint density at radius 3 is 2.82 bits per heavy atom. The first kappa shape index (κ1) is 19.1. The molecule has 28 heavy (non-hydrogen) atoms. The molecular formula is C21H24ClN3O3. The Kier molecular flexibility index (Phi) is 5.71. The first-order chi connectivity index (χ1) is 13.6. The fraction of sp³-hybridized carbons (Fsp3) is 0.381. The molecule has 2 N–H and O–H groups in total. The zero-order chi connectivity index (χ0) is 19.5. The van der Waals surface area contributed by atoms with Crippen LogP contribution in [0.4, 0.5) is 0 Å². The van der Waals surface area contributed by atoms with E-state index < -0.39 is 6.10 Å². The predicted molar refractivity (Wildman–Crippen MR) is 110 cm³/mol. The number of aliphatic hydroxyl groups excluding tert-OH is 1. The molecule has 2 aromatic carbocycles. The van der Waals surface area contributed by atoms with Crippen LogP contribution in [-0.2, 0) is 6.54 Å². The number of aromatic nitrogens is 2. The number of rotatable bonds is 7. The maximum absolute atomic E-state index is 12.3. The van der Waals surface area contributed by atoms with Crippen molar-refractivity contribution in [3.8, 4) is 5.75 Å². The van der Waals surface area contributed by atoms with Crippen LogP contribution in [0.15, 0.2) is 53.3 Å². The predicted octanol–water partition coefficient (Wildman–Crippen LogP) is 2.74. The molecule has 2 atom stereocenters. The SMILES string of the molecule is O=c1[nH]c2ccccc2n1CC1CCN(CC(O)COc2ccc(Cl)cc2)C1. The molecule has 0 spiro atoms. The van der Waals surface area contributed by atoms with Gasteiger partial charge in [-0.1, -0.05) is 23.7 Å². The quantitative estimate of drug-likeness (QED) is 0.638. The van der Waals surface area contributed by atoms with Crippen molar-refractivity contribution < 1.29 is 9.84 Å². The molecule has 1 aliphatic rings. The second-order valence-corrected chi connectivity index (χ2v) is 7.83. The molecular weight excluding hydrogens is 378 g/mol. The largest absolute Gasteiger partial charge is 0.491 e. The van der Waals surface area contributed by atoms with Gasteiger partial charge in [0.05, 0.1) is 11.0 Å². The second kappa shape index (κ2) is 8.39. The van der Waals surface area contributed by atoms with Crippen LogP contribution < -0.4 is 10.4 Å². The molecule has 0 bridgehead atoms. The summed E-state index contributed by atoms with van der Waals surface area (Å²) in [4.78, 5) is 17.4. The number of aromatic amines is 1. The van der Waals surface area contributed by atoms with Crippen LogP contribution in [0.3, 0.4) is 0 Å². The Hall–Kier alpha value is -2.28. The molecule has 1 aliphatic heterocycles. The molecule has 1 aromatic heterocycles. The van der Waals surface area contributed by atoms with Crippen LogP contribution in [0.2, 0.25) is 5.02 Å². The van der Waals surface area contributed by atoms with Crippen LogP contribution in [-0.4, -0.2) is 51.9 Å². The topological polar surface area (TPSA) is 70.5 Å². The molecule has 4 rings (SSSR count). The number of halogens is 1. The Balaban J connectivity index is 1.28. The average Bonchev–Trinajstić information content (AvgIpc) is 3.26. The third kappa shape index (κ3) is 4.41. The summed E-state index contributed by atoms with van der Waals surface area (Å²) in [6, 6.07) is 14.9. The molecule has 1 saturated heterocycles. The molecule has 0 saturated carbocycles. The summed E-state index contributed by atoms with van der Waals surface area (Å²) in [6.45, 7) is 3.28. The van der Waals surface area contributed by atoms with Gasteiger partial charge in [-0.2, -0.15) is 0 Å². The first-order valence-corrected chi connectivity index (χ1v) is 9.92. The van der Waals surface area contributed by atoms with Crippen molar-refractivity contribution in [3.63, 3.8) is 0 Å². The van der Waals surface area contributed by atoms with E-state index in [0.717, 1.165) is 30.5 Å². The van der Waals surface area contributed by atoms with Crippen LogP contribution >= 0.6 is 11.6 Å². The number of hydrogen-bond donors (Lipinski definition) is 2. The molecule has 0 amide bonds. The van der Waals surface area contributed by atoms with Crippen LogP contribution in [0.5, 0.6) is 5.75 Å². The first-order valence-electron chi connectivity index (χ1n) is 9.55. The lowest BCUT2D eigenvalue weighted by Crippen LogP contribution is -2.34. The third-order valence-electron chi connectivity index (χ3n) is 5.22. The highest BCUT2D eigenvalue weighted by Gasteiger charge is 2.25. The van der Waals surface area contributed by atoms with Gasteiger partial charge in [0.1, 0.15) is 18.5 Å². The van der Waals surface area contributed by atoms with Crippen LogP contribution in [0.1, 0.15) is 6.42 Å². The van der Waals surface area contributed by atoms with Gasteiger partial charge in [0, 0.05) is 24.7 Å². The minimum atomic E-state index is -0.565. The lowest BCUT2D eigenvalue weighted by atomic mass is 10.1. The number of likely N-dealkylation sites (tertiary alicyclic amines) is 1. The standard InChI is InChI=1S/C21H24ClN3O3/c22-16-5-7-18(8-6-16)28-14-17(26)13-24-10-9-15(11-24)12-25-20-4-2-1-3-19(20)23-21(25)27/h1-8,15,17,26H,9-14H2,(H,23,27). The fourth-order valence-corrected chi connectivity index (χ4v) is 3.97. The Morgan fingerprint density at radius 2 is 2.00 bits per heavy atom. The van der Waals surface area contributed by atoms with E-state index in [2.05, 4.69) is 9.88 Å². The van der Waals surface area contributed by atoms with Gasteiger partial charge in [-0.05, 0) is 55.3 Å². The van der Waals surface area contributed by atoms with Gasteiger partial charge < -0.3 is 19.7 Å². The number of ether oxygens (including phenoxy) is 1. The van der Waals surface area contributed by atoms with Crippen molar-refractivity contribution in [1.29, 1.82) is 0 Å². The number of fused-ring (bicyclic) bond motifs is 1. The molecule has 148 valence electrons. The zero-order valence-corrected chi connectivity index (χ0v) is 16.3. The highest BCUT2D eigenvalue weighted by molar-refractivity contribution is 6.30. The molecule has 0 radical (unpaired) electrons. The zero-order valence-electron chi connectivity index (χ0n) is 15.6. The summed E-state index contributed by atoms with van der Waals surface area (Å²) in [7, 11) is 0. The smallest absolute Gasteiger partial charge is 0.326 e. The molecule has 0 aliphatic carbocycles. The molecule has 6 nitrogen and oxygen atoms in total. The van der Waals surface area contributed by atoms with E-state index in [1.165, 1.54) is 0 Å². The number of H-pyrrole nitrogens is 1. The maximum atomic E-state index is 12.3. The second-order valence-electron chi connectivity index (χ2n) is 7.39. The van der Waals surface area contributed by atoms with Crippen LogP contribution in [0.25, 0.3) is 11.0 Å². The molecule has 7 heteroatoms. The number of benzene rings is 2. The van der Waals surface area contributed by atoms with Gasteiger partial charge in [-0.3, -0.25) is 4.57 Å². The van der Waals surface area contributed by atoms with Crippen molar-refractivity contribution >= 4 is 22.6 Å². The van der Waals surface area contributed by atoms with Crippen molar-refractivity contribution in [3.05, 3.63) is 64.0 Å². The molecule has 1 fully saturated rings. The number of para-hydroxylation sites is 2. The van der Waals surface area contributed by atoms with Gasteiger partial charge in [0.2, 0.25) is 0 Å². The summed E-state index contributed by atoms with van der Waals surface area (Å²) in [5, 5.41) is 11.0. The number of aliphatic hydroxyl groups is 1. The lowest BCUT2D eigenvalue weighted by molar-refractivity contribution is 0.0745. The van der Waals surface area contributed by atoms with E-state index >= 15 is 0 Å². The summed E-state index contributed by atoms with van der Waals surface area (Å²) in [5.41, 5.74) is 1.76. The van der Waals surface area contributed by atoms with Gasteiger partial charge in [-0.25, -0.2) is 4.79 Å². The summed E-state index contributed by atoms with van der Waals surface area (Å²) < 4.78 is 7.45. The lowest BCUT2D eigenvalue weighted by Gasteiger charge is -2.20. The molecule has 2 unspecified atom stereocenters. The van der Waals surface area contributed by atoms with Crippen molar-refractivity contribution in [2.24, 2.45) is 5.92 Å². The van der Waals surface area contributed by atoms with E-state index in [9.17, 15) is 9.90 Å². The summed E-state index contributed by atoms with van der Waals surface area (Å²) in [5.74, 6) is 1.09.